The molecule has 0 bridgehead atoms. The number of carbonyl (C=O) groups excluding carboxylic acids is 2. The molecule has 34 heavy (non-hydrogen) atoms. The summed E-state index contributed by atoms with van der Waals surface area (Å²) in [6.07, 6.45) is 28.7. The van der Waals surface area contributed by atoms with Crippen molar-refractivity contribution in [3.8, 4) is 0 Å². The van der Waals surface area contributed by atoms with Gasteiger partial charge in [0.2, 0.25) is 5.91 Å². The number of quaternary nitrogens is 1. The SMILES string of the molecule is CC/C=C\C/C=C\C/C=C\C/C=C\C/C=C\CCCC(=O)N[C@@H](CC(C)C)C(=O)[O-].[NH3+]CCO. The number of rotatable bonds is 18. The van der Waals surface area contributed by atoms with Gasteiger partial charge in [-0.25, -0.2) is 0 Å². The lowest BCUT2D eigenvalue weighted by Crippen LogP contribution is -2.51. The minimum atomic E-state index is -1.21. The van der Waals surface area contributed by atoms with Crippen LogP contribution in [0, 0.1) is 5.92 Å². The van der Waals surface area contributed by atoms with Crippen molar-refractivity contribution in [3.05, 3.63) is 60.8 Å². The largest absolute Gasteiger partial charge is 0.548 e. The number of allylic oxidation sites excluding steroid dienone is 10. The average Bonchev–Trinajstić information content (AvgIpc) is 2.80. The highest BCUT2D eigenvalue weighted by Crippen LogP contribution is 2.05. The molecule has 0 radical (unpaired) electrons. The minimum absolute atomic E-state index is 0.189. The lowest BCUT2D eigenvalue weighted by Gasteiger charge is -2.21. The average molecular weight is 477 g/mol. The van der Waals surface area contributed by atoms with Gasteiger partial charge in [0.25, 0.3) is 0 Å². The van der Waals surface area contributed by atoms with Crippen LogP contribution in [0.2, 0.25) is 0 Å². The molecule has 1 atom stereocenters. The quantitative estimate of drug-likeness (QED) is 0.208. The fourth-order valence-corrected chi connectivity index (χ4v) is 2.70. The molecule has 0 spiro atoms. The number of unbranched alkanes of at least 4 members (excludes halogenated alkanes) is 1. The van der Waals surface area contributed by atoms with Crippen molar-refractivity contribution in [3.63, 3.8) is 0 Å². The molecule has 194 valence electrons. The summed E-state index contributed by atoms with van der Waals surface area (Å²) < 4.78 is 0. The van der Waals surface area contributed by atoms with Gasteiger partial charge in [-0.05, 0) is 57.3 Å². The zero-order valence-electron chi connectivity index (χ0n) is 21.6. The Bertz CT molecular complexity index is 632. The Morgan fingerprint density at radius 3 is 1.71 bits per heavy atom. The molecule has 6 nitrogen and oxygen atoms in total. The summed E-state index contributed by atoms with van der Waals surface area (Å²) in [5.74, 6) is -1.25. The highest BCUT2D eigenvalue weighted by atomic mass is 16.4. The van der Waals surface area contributed by atoms with Gasteiger partial charge in [0.05, 0.1) is 25.2 Å². The van der Waals surface area contributed by atoms with Crippen LogP contribution in [-0.4, -0.2) is 36.2 Å². The predicted molar refractivity (Wildman–Crippen MR) is 140 cm³/mol. The second-order valence-electron chi connectivity index (χ2n) is 8.25. The molecule has 0 heterocycles. The highest BCUT2D eigenvalue weighted by Gasteiger charge is 2.14. The molecule has 0 aromatic heterocycles. The summed E-state index contributed by atoms with van der Waals surface area (Å²) in [6, 6.07) is -0.897. The molecule has 0 saturated heterocycles. The number of aliphatic carboxylic acids is 1. The van der Waals surface area contributed by atoms with Gasteiger partial charge in [-0.15, -0.1) is 0 Å². The molecule has 0 aromatic rings. The zero-order valence-corrected chi connectivity index (χ0v) is 21.6. The van der Waals surface area contributed by atoms with Crippen molar-refractivity contribution in [1.29, 1.82) is 0 Å². The summed E-state index contributed by atoms with van der Waals surface area (Å²) in [6.45, 7) is 6.81. The third kappa shape index (κ3) is 27.6. The molecule has 5 N–H and O–H groups in total. The maximum absolute atomic E-state index is 11.8. The topological polar surface area (TPSA) is 117 Å². The fraction of sp³-hybridized carbons (Fsp3) is 0.571. The van der Waals surface area contributed by atoms with Gasteiger partial charge < -0.3 is 26.1 Å². The van der Waals surface area contributed by atoms with E-state index in [1.54, 1.807) is 0 Å². The number of nitrogens with one attached hydrogen (secondary N) is 1. The lowest BCUT2D eigenvalue weighted by molar-refractivity contribution is -0.372. The van der Waals surface area contributed by atoms with E-state index >= 15 is 0 Å². The van der Waals surface area contributed by atoms with Crippen LogP contribution >= 0.6 is 0 Å². The van der Waals surface area contributed by atoms with E-state index in [4.69, 9.17) is 5.11 Å². The van der Waals surface area contributed by atoms with Gasteiger partial charge in [-0.1, -0.05) is 81.5 Å². The second-order valence-corrected chi connectivity index (χ2v) is 8.25. The maximum Gasteiger partial charge on any atom is 0.220 e. The van der Waals surface area contributed by atoms with Gasteiger partial charge in [0.15, 0.2) is 0 Å². The lowest BCUT2D eigenvalue weighted by atomic mass is 10.0. The summed E-state index contributed by atoms with van der Waals surface area (Å²) in [4.78, 5) is 22.9. The zero-order chi connectivity index (χ0) is 25.9. The molecule has 0 saturated carbocycles. The Labute approximate surface area is 207 Å². The molecular weight excluding hydrogens is 428 g/mol. The maximum atomic E-state index is 11.8. The van der Waals surface area contributed by atoms with E-state index in [2.05, 4.69) is 78.7 Å². The van der Waals surface area contributed by atoms with Crippen LogP contribution in [0.15, 0.2) is 60.8 Å². The Kier molecular flexibility index (Phi) is 26.6. The molecule has 0 aromatic carbocycles. The third-order valence-corrected chi connectivity index (χ3v) is 4.42. The monoisotopic (exact) mass is 476 g/mol. The summed E-state index contributed by atoms with van der Waals surface area (Å²) in [5, 5.41) is 21.4. The number of hydrogen-bond acceptors (Lipinski definition) is 4. The fourth-order valence-electron chi connectivity index (χ4n) is 2.70. The van der Waals surface area contributed by atoms with Gasteiger partial charge in [-0.2, -0.15) is 0 Å². The molecule has 0 rings (SSSR count). The molecule has 0 aliphatic carbocycles. The van der Waals surface area contributed by atoms with Crippen molar-refractivity contribution in [2.75, 3.05) is 13.2 Å². The first-order valence-corrected chi connectivity index (χ1v) is 12.5. The number of aliphatic hydroxyl groups is 1. The van der Waals surface area contributed by atoms with Gasteiger partial charge >= 0.3 is 0 Å². The Morgan fingerprint density at radius 1 is 0.882 bits per heavy atom. The summed E-state index contributed by atoms with van der Waals surface area (Å²) in [7, 11) is 0. The van der Waals surface area contributed by atoms with Crippen LogP contribution in [0.1, 0.15) is 78.6 Å². The van der Waals surface area contributed by atoms with Gasteiger partial charge in [0.1, 0.15) is 0 Å². The first-order chi connectivity index (χ1) is 16.4. The first-order valence-electron chi connectivity index (χ1n) is 12.5. The van der Waals surface area contributed by atoms with Crippen molar-refractivity contribution in [1.82, 2.24) is 5.32 Å². The van der Waals surface area contributed by atoms with E-state index < -0.39 is 12.0 Å². The highest BCUT2D eigenvalue weighted by molar-refractivity contribution is 5.82. The Hall–Kier alpha value is -2.44. The van der Waals surface area contributed by atoms with E-state index in [1.807, 2.05) is 13.8 Å². The van der Waals surface area contributed by atoms with E-state index in [9.17, 15) is 14.7 Å². The smallest absolute Gasteiger partial charge is 0.220 e. The van der Waals surface area contributed by atoms with E-state index in [1.165, 1.54) is 0 Å². The van der Waals surface area contributed by atoms with E-state index in [0.717, 1.165) is 38.5 Å². The van der Waals surface area contributed by atoms with Gasteiger partial charge in [0, 0.05) is 6.42 Å². The molecular formula is C28H48N2O4. The van der Waals surface area contributed by atoms with Crippen LogP contribution in [0.25, 0.3) is 0 Å². The van der Waals surface area contributed by atoms with E-state index in [0.29, 0.717) is 25.8 Å². The minimum Gasteiger partial charge on any atom is -0.548 e. The molecule has 0 aliphatic rings. The molecule has 6 heteroatoms. The molecule has 0 unspecified atom stereocenters. The second kappa shape index (κ2) is 26.8. The number of carbonyl (C=O) groups is 2. The van der Waals surface area contributed by atoms with Crippen LogP contribution < -0.4 is 16.2 Å². The Balaban J connectivity index is 0. The van der Waals surface area contributed by atoms with Crippen LogP contribution in [-0.2, 0) is 9.59 Å². The van der Waals surface area contributed by atoms with Crippen molar-refractivity contribution >= 4 is 11.9 Å². The number of carboxylic acid groups (broad SMARTS) is 1. The summed E-state index contributed by atoms with van der Waals surface area (Å²) >= 11 is 0. The van der Waals surface area contributed by atoms with Crippen LogP contribution in [0.5, 0.6) is 0 Å². The van der Waals surface area contributed by atoms with Crippen molar-refractivity contribution in [2.45, 2.75) is 84.6 Å². The van der Waals surface area contributed by atoms with Gasteiger partial charge in [-0.3, -0.25) is 4.79 Å². The summed E-state index contributed by atoms with van der Waals surface area (Å²) in [5.41, 5.74) is 3.35. The molecule has 0 aliphatic heterocycles. The predicted octanol–water partition coefficient (Wildman–Crippen LogP) is 3.41. The van der Waals surface area contributed by atoms with Crippen molar-refractivity contribution < 1.29 is 25.5 Å². The van der Waals surface area contributed by atoms with Crippen molar-refractivity contribution in [2.24, 2.45) is 5.92 Å². The molecule has 1 amide bonds. The third-order valence-electron chi connectivity index (χ3n) is 4.42. The number of hydrogen-bond donors (Lipinski definition) is 3. The number of aliphatic hydroxyl groups excluding tert-OH is 1. The first kappa shape index (κ1) is 33.7. The van der Waals surface area contributed by atoms with E-state index in [-0.39, 0.29) is 18.4 Å². The normalized spacial score (nSPS) is 12.9. The number of amides is 1. The molecule has 0 fully saturated rings. The van der Waals surface area contributed by atoms with Crippen LogP contribution in [0.3, 0.4) is 0 Å². The Morgan fingerprint density at radius 2 is 1.32 bits per heavy atom. The standard InChI is InChI=1S/C26H41NO3.C2H7NO/c1-4-5-6-7-8-9-10-11-12-13-14-15-16-17-18-19-20-21-25(28)27-24(26(29)30)22-23(2)3;3-1-2-4/h5-6,8-9,11-12,14-15,17-18,23-24H,4,7,10,13,16,19-22H2,1-3H3,(H,27,28)(H,29,30);4H,1-3H2/b6-5-,9-8-,12-11-,15-14-,18-17-;/t24-;/m0./s1. The number of carboxylic acids is 1. The van der Waals surface area contributed by atoms with Crippen LogP contribution in [0.4, 0.5) is 0 Å².